The van der Waals surface area contributed by atoms with Crippen molar-refractivity contribution in [1.82, 2.24) is 10.7 Å². The van der Waals surface area contributed by atoms with Crippen molar-refractivity contribution in [2.45, 2.75) is 0 Å². The Labute approximate surface area is 160 Å². The Morgan fingerprint density at radius 2 is 1.86 bits per heavy atom. The monoisotopic (exact) mass is 386 g/mol. The maximum Gasteiger partial charge on any atom is 0.269 e. The summed E-state index contributed by atoms with van der Waals surface area (Å²) in [6.45, 7) is -0.317. The lowest BCUT2D eigenvalue weighted by Crippen LogP contribution is -2.34. The van der Waals surface area contributed by atoms with E-state index >= 15 is 0 Å². The smallest absolute Gasteiger partial charge is 0.269 e. The zero-order valence-corrected chi connectivity index (χ0v) is 15.2. The maximum atomic E-state index is 11.9. The van der Waals surface area contributed by atoms with Crippen molar-refractivity contribution < 1.29 is 24.0 Å². The van der Waals surface area contributed by atoms with Crippen LogP contribution in [0.3, 0.4) is 0 Å². The SMILES string of the molecule is COc1ccc(OC)c(/C=N/NC(=O)CNC(=O)c2ccc([N+](=O)[O-])cc2)c1. The number of hydrogen-bond acceptors (Lipinski definition) is 7. The zero-order chi connectivity index (χ0) is 20.5. The van der Waals surface area contributed by atoms with Crippen LogP contribution in [0.15, 0.2) is 47.6 Å². The average molecular weight is 386 g/mol. The van der Waals surface area contributed by atoms with E-state index in [0.717, 1.165) is 0 Å². The predicted octanol–water partition coefficient (Wildman–Crippen LogP) is 1.49. The van der Waals surface area contributed by atoms with Crippen LogP contribution in [0.25, 0.3) is 0 Å². The number of hydrazone groups is 1. The topological polar surface area (TPSA) is 132 Å². The molecule has 0 atom stereocenters. The first-order valence-electron chi connectivity index (χ1n) is 8.01. The van der Waals surface area contributed by atoms with Gasteiger partial charge < -0.3 is 14.8 Å². The normalized spacial score (nSPS) is 10.4. The number of hydrogen-bond donors (Lipinski definition) is 2. The molecule has 0 saturated heterocycles. The Kier molecular flexibility index (Phi) is 7.03. The Balaban J connectivity index is 1.88. The molecule has 0 unspecified atom stereocenters. The number of ether oxygens (including phenoxy) is 2. The highest BCUT2D eigenvalue weighted by Crippen LogP contribution is 2.22. The largest absolute Gasteiger partial charge is 0.497 e. The van der Waals surface area contributed by atoms with Crippen molar-refractivity contribution >= 4 is 23.7 Å². The first kappa shape index (κ1) is 20.4. The summed E-state index contributed by atoms with van der Waals surface area (Å²) in [4.78, 5) is 33.8. The quantitative estimate of drug-likeness (QED) is 0.401. The molecule has 2 N–H and O–H groups in total. The van der Waals surface area contributed by atoms with Gasteiger partial charge in [0, 0.05) is 23.3 Å². The molecule has 0 fully saturated rings. The minimum atomic E-state index is -0.565. The molecular weight excluding hydrogens is 368 g/mol. The summed E-state index contributed by atoms with van der Waals surface area (Å²) in [6, 6.07) is 10.1. The van der Waals surface area contributed by atoms with Gasteiger partial charge in [0.1, 0.15) is 11.5 Å². The van der Waals surface area contributed by atoms with Crippen LogP contribution in [0.4, 0.5) is 5.69 Å². The molecular formula is C18H18N4O6. The van der Waals surface area contributed by atoms with E-state index in [1.807, 2.05) is 0 Å². The van der Waals surface area contributed by atoms with Gasteiger partial charge in [-0.15, -0.1) is 0 Å². The van der Waals surface area contributed by atoms with Gasteiger partial charge in [0.25, 0.3) is 17.5 Å². The third-order valence-electron chi connectivity index (χ3n) is 3.58. The molecule has 2 aromatic carbocycles. The summed E-state index contributed by atoms with van der Waals surface area (Å²) >= 11 is 0. The summed E-state index contributed by atoms with van der Waals surface area (Å²) in [5.41, 5.74) is 2.94. The van der Waals surface area contributed by atoms with Crippen molar-refractivity contribution in [1.29, 1.82) is 0 Å². The number of nitro groups is 1. The molecule has 2 rings (SSSR count). The van der Waals surface area contributed by atoms with E-state index in [9.17, 15) is 19.7 Å². The minimum absolute atomic E-state index is 0.128. The molecule has 0 aromatic heterocycles. The number of non-ortho nitro benzene ring substituents is 1. The number of carbonyl (C=O) groups is 2. The van der Waals surface area contributed by atoms with Gasteiger partial charge in [-0.1, -0.05) is 0 Å². The summed E-state index contributed by atoms with van der Waals surface area (Å²) < 4.78 is 10.3. The Morgan fingerprint density at radius 1 is 1.14 bits per heavy atom. The van der Waals surface area contributed by atoms with E-state index in [4.69, 9.17) is 9.47 Å². The summed E-state index contributed by atoms with van der Waals surface area (Å²) in [5.74, 6) is 0.0612. The van der Waals surface area contributed by atoms with Crippen LogP contribution >= 0.6 is 0 Å². The highest BCUT2D eigenvalue weighted by Gasteiger charge is 2.10. The number of amides is 2. The Hall–Kier alpha value is -3.95. The van der Waals surface area contributed by atoms with Crippen LogP contribution in [0.5, 0.6) is 11.5 Å². The van der Waals surface area contributed by atoms with Crippen LogP contribution < -0.4 is 20.2 Å². The fourth-order valence-electron chi connectivity index (χ4n) is 2.15. The van der Waals surface area contributed by atoms with Crippen molar-refractivity contribution in [3.05, 3.63) is 63.7 Å². The third-order valence-corrected chi connectivity index (χ3v) is 3.58. The van der Waals surface area contributed by atoms with Crippen molar-refractivity contribution in [3.8, 4) is 11.5 Å². The molecule has 0 bridgehead atoms. The number of nitrogens with one attached hydrogen (secondary N) is 2. The molecule has 0 saturated carbocycles. The van der Waals surface area contributed by atoms with E-state index in [2.05, 4.69) is 15.8 Å². The summed E-state index contributed by atoms with van der Waals surface area (Å²) in [6.07, 6.45) is 1.39. The molecule has 0 spiro atoms. The summed E-state index contributed by atoms with van der Waals surface area (Å²) in [7, 11) is 3.03. The molecule has 0 heterocycles. The van der Waals surface area contributed by atoms with E-state index in [1.54, 1.807) is 18.2 Å². The van der Waals surface area contributed by atoms with Crippen LogP contribution in [0.2, 0.25) is 0 Å². The molecule has 10 heteroatoms. The van der Waals surface area contributed by atoms with Gasteiger partial charge in [-0.3, -0.25) is 19.7 Å². The molecule has 0 radical (unpaired) electrons. The van der Waals surface area contributed by atoms with Gasteiger partial charge in [0.2, 0.25) is 0 Å². The lowest BCUT2D eigenvalue weighted by atomic mass is 10.2. The van der Waals surface area contributed by atoms with Crippen molar-refractivity contribution in [2.75, 3.05) is 20.8 Å². The Bertz CT molecular complexity index is 895. The van der Waals surface area contributed by atoms with E-state index in [0.29, 0.717) is 17.1 Å². The molecule has 10 nitrogen and oxygen atoms in total. The third kappa shape index (κ3) is 5.53. The predicted molar refractivity (Wildman–Crippen MR) is 101 cm³/mol. The number of nitro benzene ring substituents is 1. The molecule has 2 amide bonds. The lowest BCUT2D eigenvalue weighted by molar-refractivity contribution is -0.384. The van der Waals surface area contributed by atoms with Gasteiger partial charge >= 0.3 is 0 Å². The fourth-order valence-corrected chi connectivity index (χ4v) is 2.15. The molecule has 0 aliphatic carbocycles. The second-order valence-electron chi connectivity index (χ2n) is 5.39. The highest BCUT2D eigenvalue weighted by atomic mass is 16.6. The summed E-state index contributed by atoms with van der Waals surface area (Å²) in [5, 5.41) is 16.8. The first-order valence-corrected chi connectivity index (χ1v) is 8.01. The lowest BCUT2D eigenvalue weighted by Gasteiger charge is -2.07. The molecule has 146 valence electrons. The number of methoxy groups -OCH3 is 2. The van der Waals surface area contributed by atoms with Gasteiger partial charge in [-0.2, -0.15) is 5.10 Å². The maximum absolute atomic E-state index is 11.9. The van der Waals surface area contributed by atoms with E-state index in [1.165, 1.54) is 44.7 Å². The van der Waals surface area contributed by atoms with Gasteiger partial charge in [0.05, 0.1) is 31.9 Å². The number of nitrogens with zero attached hydrogens (tertiary/aromatic N) is 2. The van der Waals surface area contributed by atoms with E-state index < -0.39 is 16.7 Å². The molecule has 0 aliphatic rings. The molecule has 0 aliphatic heterocycles. The van der Waals surface area contributed by atoms with Crippen LogP contribution in [0, 0.1) is 10.1 Å². The highest BCUT2D eigenvalue weighted by molar-refractivity contribution is 5.96. The number of benzene rings is 2. The fraction of sp³-hybridized carbons (Fsp3) is 0.167. The Morgan fingerprint density at radius 3 is 2.46 bits per heavy atom. The van der Waals surface area contributed by atoms with Crippen molar-refractivity contribution in [3.63, 3.8) is 0 Å². The van der Waals surface area contributed by atoms with E-state index in [-0.39, 0.29) is 17.8 Å². The molecule has 2 aromatic rings. The molecule has 28 heavy (non-hydrogen) atoms. The van der Waals surface area contributed by atoms with Gasteiger partial charge in [-0.25, -0.2) is 5.43 Å². The second kappa shape index (κ2) is 9.67. The van der Waals surface area contributed by atoms with Gasteiger partial charge in [0.15, 0.2) is 0 Å². The van der Waals surface area contributed by atoms with Gasteiger partial charge in [-0.05, 0) is 30.3 Å². The zero-order valence-electron chi connectivity index (χ0n) is 15.2. The number of rotatable bonds is 8. The number of carbonyl (C=O) groups excluding carboxylic acids is 2. The average Bonchev–Trinajstić information content (AvgIpc) is 2.71. The van der Waals surface area contributed by atoms with Crippen LogP contribution in [-0.4, -0.2) is 43.7 Å². The van der Waals surface area contributed by atoms with Crippen LogP contribution in [0.1, 0.15) is 15.9 Å². The second-order valence-corrected chi connectivity index (χ2v) is 5.39. The standard InChI is InChI=1S/C18H18N4O6/c1-27-15-7-8-16(28-2)13(9-15)10-20-21-17(23)11-19-18(24)12-3-5-14(6-4-12)22(25)26/h3-10H,11H2,1-2H3,(H,19,24)(H,21,23)/b20-10+. The van der Waals surface area contributed by atoms with Crippen molar-refractivity contribution in [2.24, 2.45) is 5.10 Å². The minimum Gasteiger partial charge on any atom is -0.497 e. The first-order chi connectivity index (χ1) is 13.4. The van der Waals surface area contributed by atoms with Crippen LogP contribution in [-0.2, 0) is 4.79 Å².